The second-order valence-corrected chi connectivity index (χ2v) is 6.94. The van der Waals surface area contributed by atoms with Crippen molar-refractivity contribution < 1.29 is 13.2 Å². The SMILES string of the molecule is CCC1c2ccccc2CN1c1nc2cc(C(F)(F)F)ccc2s1. The van der Waals surface area contributed by atoms with Crippen LogP contribution in [0, 0.1) is 0 Å². The number of aromatic nitrogens is 1. The fourth-order valence-corrected chi connectivity index (χ4v) is 4.32. The molecule has 2 heterocycles. The van der Waals surface area contributed by atoms with E-state index in [0.29, 0.717) is 5.52 Å². The summed E-state index contributed by atoms with van der Waals surface area (Å²) in [5.74, 6) is 0. The van der Waals surface area contributed by atoms with Gasteiger partial charge in [-0.05, 0) is 35.7 Å². The van der Waals surface area contributed by atoms with E-state index in [-0.39, 0.29) is 6.04 Å². The highest BCUT2D eigenvalue weighted by molar-refractivity contribution is 7.22. The van der Waals surface area contributed by atoms with E-state index in [1.54, 1.807) is 0 Å². The molecule has 1 aromatic heterocycles. The standard InChI is InChI=1S/C18H15F3N2S/c1-2-15-13-6-4-3-5-11(13)10-23(15)17-22-14-9-12(18(19,20)21)7-8-16(14)24-17/h3-9,15H,2,10H2,1H3. The number of hydrogen-bond donors (Lipinski definition) is 0. The lowest BCUT2D eigenvalue weighted by Crippen LogP contribution is -2.20. The Morgan fingerprint density at radius 2 is 2.00 bits per heavy atom. The molecule has 0 saturated carbocycles. The molecule has 0 saturated heterocycles. The van der Waals surface area contributed by atoms with Gasteiger partial charge in [-0.3, -0.25) is 0 Å². The van der Waals surface area contributed by atoms with Gasteiger partial charge in [0.25, 0.3) is 0 Å². The van der Waals surface area contributed by atoms with Gasteiger partial charge in [-0.2, -0.15) is 13.2 Å². The second kappa shape index (κ2) is 5.48. The molecular formula is C18H15F3N2S. The van der Waals surface area contributed by atoms with E-state index in [0.717, 1.165) is 34.9 Å². The molecule has 1 aliphatic rings. The molecule has 2 aromatic carbocycles. The van der Waals surface area contributed by atoms with Gasteiger partial charge in [-0.25, -0.2) is 4.98 Å². The van der Waals surface area contributed by atoms with E-state index in [4.69, 9.17) is 0 Å². The number of alkyl halides is 3. The smallest absolute Gasteiger partial charge is 0.337 e. The maximum atomic E-state index is 12.9. The number of fused-ring (bicyclic) bond motifs is 2. The quantitative estimate of drug-likeness (QED) is 0.583. The number of rotatable bonds is 2. The third kappa shape index (κ3) is 2.45. The van der Waals surface area contributed by atoms with E-state index in [1.807, 2.05) is 12.1 Å². The Labute approximate surface area is 141 Å². The first kappa shape index (κ1) is 15.4. The maximum Gasteiger partial charge on any atom is 0.416 e. The topological polar surface area (TPSA) is 16.1 Å². The molecule has 1 atom stereocenters. The van der Waals surface area contributed by atoms with Crippen LogP contribution >= 0.6 is 11.3 Å². The lowest BCUT2D eigenvalue weighted by Gasteiger charge is -2.23. The summed E-state index contributed by atoms with van der Waals surface area (Å²) < 4.78 is 39.4. The van der Waals surface area contributed by atoms with E-state index in [2.05, 4.69) is 28.9 Å². The zero-order chi connectivity index (χ0) is 16.9. The molecule has 1 unspecified atom stereocenters. The first-order chi connectivity index (χ1) is 11.5. The van der Waals surface area contributed by atoms with Crippen LogP contribution in [0.25, 0.3) is 10.2 Å². The van der Waals surface area contributed by atoms with E-state index in [1.165, 1.54) is 28.5 Å². The molecule has 3 aromatic rings. The Hall–Kier alpha value is -2.08. The van der Waals surface area contributed by atoms with Gasteiger partial charge >= 0.3 is 6.18 Å². The fourth-order valence-electron chi connectivity index (χ4n) is 3.32. The van der Waals surface area contributed by atoms with E-state index < -0.39 is 11.7 Å². The summed E-state index contributed by atoms with van der Waals surface area (Å²) in [5, 5.41) is 0.785. The minimum atomic E-state index is -4.34. The monoisotopic (exact) mass is 348 g/mol. The van der Waals surface area contributed by atoms with Gasteiger partial charge < -0.3 is 4.90 Å². The van der Waals surface area contributed by atoms with Crippen LogP contribution in [-0.2, 0) is 12.7 Å². The first-order valence-corrected chi connectivity index (χ1v) is 8.61. The van der Waals surface area contributed by atoms with Crippen molar-refractivity contribution in [1.82, 2.24) is 4.98 Å². The molecule has 6 heteroatoms. The van der Waals surface area contributed by atoms with Crippen molar-refractivity contribution in [2.45, 2.75) is 32.1 Å². The molecule has 1 aliphatic heterocycles. The van der Waals surface area contributed by atoms with Gasteiger partial charge in [0.15, 0.2) is 5.13 Å². The van der Waals surface area contributed by atoms with Crippen LogP contribution in [-0.4, -0.2) is 4.98 Å². The van der Waals surface area contributed by atoms with Gasteiger partial charge in [0.2, 0.25) is 0 Å². The molecule has 0 fully saturated rings. The fraction of sp³-hybridized carbons (Fsp3) is 0.278. The number of halogens is 3. The van der Waals surface area contributed by atoms with Gasteiger partial charge in [0.1, 0.15) is 0 Å². The van der Waals surface area contributed by atoms with Crippen molar-refractivity contribution in [2.75, 3.05) is 4.90 Å². The van der Waals surface area contributed by atoms with Crippen LogP contribution in [0.2, 0.25) is 0 Å². The minimum absolute atomic E-state index is 0.226. The molecule has 4 rings (SSSR count). The summed E-state index contributed by atoms with van der Waals surface area (Å²) in [7, 11) is 0. The average Bonchev–Trinajstić information content (AvgIpc) is 3.13. The summed E-state index contributed by atoms with van der Waals surface area (Å²) in [6, 6.07) is 12.3. The Kier molecular flexibility index (Phi) is 3.53. The average molecular weight is 348 g/mol. The molecule has 0 N–H and O–H groups in total. The predicted octanol–water partition coefficient (Wildman–Crippen LogP) is 5.79. The Morgan fingerprint density at radius 3 is 2.75 bits per heavy atom. The van der Waals surface area contributed by atoms with Gasteiger partial charge in [0, 0.05) is 6.54 Å². The van der Waals surface area contributed by atoms with Gasteiger partial charge in [-0.1, -0.05) is 42.5 Å². The summed E-state index contributed by atoms with van der Waals surface area (Å²) in [5.41, 5.74) is 2.31. The molecular weight excluding hydrogens is 333 g/mol. The minimum Gasteiger partial charge on any atom is -0.337 e. The molecule has 24 heavy (non-hydrogen) atoms. The number of hydrogen-bond acceptors (Lipinski definition) is 3. The molecule has 2 nitrogen and oxygen atoms in total. The van der Waals surface area contributed by atoms with Crippen LogP contribution in [0.4, 0.5) is 18.3 Å². The molecule has 0 amide bonds. The van der Waals surface area contributed by atoms with E-state index >= 15 is 0 Å². The molecule has 0 radical (unpaired) electrons. The third-order valence-corrected chi connectivity index (χ3v) is 5.54. The Bertz CT molecular complexity index is 901. The van der Waals surface area contributed by atoms with Crippen molar-refractivity contribution >= 4 is 26.7 Å². The third-order valence-electron chi connectivity index (χ3n) is 4.47. The highest BCUT2D eigenvalue weighted by Crippen LogP contribution is 2.42. The molecule has 0 spiro atoms. The number of nitrogens with zero attached hydrogens (tertiary/aromatic N) is 2. The highest BCUT2D eigenvalue weighted by Gasteiger charge is 2.32. The number of thiazole rings is 1. The van der Waals surface area contributed by atoms with Crippen molar-refractivity contribution in [3.8, 4) is 0 Å². The zero-order valence-electron chi connectivity index (χ0n) is 13.0. The summed E-state index contributed by atoms with van der Waals surface area (Å²) in [4.78, 5) is 6.69. The number of benzene rings is 2. The molecule has 0 aliphatic carbocycles. The van der Waals surface area contributed by atoms with Gasteiger partial charge in [-0.15, -0.1) is 0 Å². The van der Waals surface area contributed by atoms with Crippen LogP contribution < -0.4 is 4.90 Å². The first-order valence-electron chi connectivity index (χ1n) is 7.79. The summed E-state index contributed by atoms with van der Waals surface area (Å²) >= 11 is 1.45. The normalized spacial score (nSPS) is 17.5. The summed E-state index contributed by atoms with van der Waals surface area (Å²) in [6.45, 7) is 2.87. The second-order valence-electron chi connectivity index (χ2n) is 5.93. The predicted molar refractivity (Wildman–Crippen MR) is 90.3 cm³/mol. The molecule has 124 valence electrons. The zero-order valence-corrected chi connectivity index (χ0v) is 13.8. The van der Waals surface area contributed by atoms with Crippen LogP contribution in [0.3, 0.4) is 0 Å². The van der Waals surface area contributed by atoms with E-state index in [9.17, 15) is 13.2 Å². The largest absolute Gasteiger partial charge is 0.416 e. The van der Waals surface area contributed by atoms with Crippen molar-refractivity contribution in [3.63, 3.8) is 0 Å². The van der Waals surface area contributed by atoms with Gasteiger partial charge in [0.05, 0.1) is 21.8 Å². The molecule has 0 bridgehead atoms. The van der Waals surface area contributed by atoms with Crippen LogP contribution in [0.1, 0.15) is 36.1 Å². The summed E-state index contributed by atoms with van der Waals surface area (Å²) in [6.07, 6.45) is -3.41. The highest BCUT2D eigenvalue weighted by atomic mass is 32.1. The number of anilines is 1. The van der Waals surface area contributed by atoms with Crippen molar-refractivity contribution in [2.24, 2.45) is 0 Å². The van der Waals surface area contributed by atoms with Crippen LogP contribution in [0.15, 0.2) is 42.5 Å². The van der Waals surface area contributed by atoms with Crippen LogP contribution in [0.5, 0.6) is 0 Å². The lowest BCUT2D eigenvalue weighted by atomic mass is 10.0. The maximum absolute atomic E-state index is 12.9. The van der Waals surface area contributed by atoms with Crippen molar-refractivity contribution in [3.05, 3.63) is 59.2 Å². The Balaban J connectivity index is 1.75. The Morgan fingerprint density at radius 1 is 1.21 bits per heavy atom. The van der Waals surface area contributed by atoms with Crippen molar-refractivity contribution in [1.29, 1.82) is 0 Å². The lowest BCUT2D eigenvalue weighted by molar-refractivity contribution is -0.137.